The van der Waals surface area contributed by atoms with E-state index in [1.165, 1.54) is 12.3 Å². The number of amides is 2. The van der Waals surface area contributed by atoms with Gasteiger partial charge in [0.15, 0.2) is 0 Å². The molecule has 31 heavy (non-hydrogen) atoms. The Bertz CT molecular complexity index is 1220. The molecule has 1 aliphatic rings. The SMILES string of the molecule is N=C(c1ccc(N2CCNC2=O)cc1)c1c(Nc2c(F)cccc2F)c(Cl)c[nH]c1=O. The Labute approximate surface area is 180 Å². The molecule has 0 radical (unpaired) electrons. The zero-order valence-electron chi connectivity index (χ0n) is 15.9. The van der Waals surface area contributed by atoms with Crippen LogP contribution < -0.4 is 21.1 Å². The molecular formula is C21H16ClF2N5O2. The summed E-state index contributed by atoms with van der Waals surface area (Å²) in [7, 11) is 0. The van der Waals surface area contributed by atoms with Gasteiger partial charge in [0.2, 0.25) is 0 Å². The topological polar surface area (TPSA) is 101 Å². The van der Waals surface area contributed by atoms with Crippen LogP contribution in [-0.2, 0) is 0 Å². The minimum absolute atomic E-state index is 0.0210. The second kappa shape index (κ2) is 8.19. The van der Waals surface area contributed by atoms with Gasteiger partial charge < -0.3 is 15.6 Å². The molecule has 0 atom stereocenters. The van der Waals surface area contributed by atoms with Crippen LogP contribution in [-0.4, -0.2) is 29.8 Å². The van der Waals surface area contributed by atoms with Crippen molar-refractivity contribution in [1.82, 2.24) is 10.3 Å². The number of pyridine rings is 1. The first-order valence-electron chi connectivity index (χ1n) is 9.23. The average Bonchev–Trinajstić information content (AvgIpc) is 3.18. The maximum absolute atomic E-state index is 14.1. The maximum atomic E-state index is 14.1. The molecule has 10 heteroatoms. The summed E-state index contributed by atoms with van der Waals surface area (Å²) >= 11 is 6.19. The molecule has 0 aliphatic carbocycles. The molecule has 2 heterocycles. The van der Waals surface area contributed by atoms with Gasteiger partial charge in [0.1, 0.15) is 17.3 Å². The Balaban J connectivity index is 1.72. The van der Waals surface area contributed by atoms with Gasteiger partial charge in [-0.2, -0.15) is 0 Å². The first kappa shape index (κ1) is 20.5. The summed E-state index contributed by atoms with van der Waals surface area (Å²) in [5.41, 5.74) is -0.632. The van der Waals surface area contributed by atoms with Crippen LogP contribution in [0.1, 0.15) is 11.1 Å². The number of rotatable bonds is 5. The number of hydrogen-bond donors (Lipinski definition) is 4. The Morgan fingerprint density at radius 2 is 1.74 bits per heavy atom. The number of para-hydroxylation sites is 1. The third-order valence-electron chi connectivity index (χ3n) is 4.83. The first-order chi connectivity index (χ1) is 14.9. The quantitative estimate of drug-likeness (QED) is 0.448. The highest BCUT2D eigenvalue weighted by Gasteiger charge is 2.23. The molecule has 1 saturated heterocycles. The third kappa shape index (κ3) is 3.87. The number of nitrogens with zero attached hydrogens (tertiary/aromatic N) is 1. The number of carbonyl (C=O) groups excluding carboxylic acids is 1. The van der Waals surface area contributed by atoms with Gasteiger partial charge >= 0.3 is 6.03 Å². The van der Waals surface area contributed by atoms with E-state index < -0.39 is 22.9 Å². The molecule has 2 aromatic carbocycles. The van der Waals surface area contributed by atoms with E-state index in [0.29, 0.717) is 24.3 Å². The van der Waals surface area contributed by atoms with Crippen molar-refractivity contribution in [2.24, 2.45) is 0 Å². The molecule has 0 saturated carbocycles. The number of halogens is 3. The largest absolute Gasteiger partial charge is 0.349 e. The van der Waals surface area contributed by atoms with Crippen molar-refractivity contribution >= 4 is 40.4 Å². The lowest BCUT2D eigenvalue weighted by Crippen LogP contribution is -2.27. The molecule has 4 N–H and O–H groups in total. The van der Waals surface area contributed by atoms with E-state index >= 15 is 0 Å². The highest BCUT2D eigenvalue weighted by molar-refractivity contribution is 6.34. The van der Waals surface area contributed by atoms with Crippen molar-refractivity contribution in [3.8, 4) is 0 Å². The van der Waals surface area contributed by atoms with Crippen molar-refractivity contribution in [1.29, 1.82) is 5.41 Å². The van der Waals surface area contributed by atoms with Gasteiger partial charge in [0.25, 0.3) is 5.56 Å². The third-order valence-corrected chi connectivity index (χ3v) is 5.13. The maximum Gasteiger partial charge on any atom is 0.321 e. The summed E-state index contributed by atoms with van der Waals surface area (Å²) in [5, 5.41) is 13.7. The average molecular weight is 444 g/mol. The minimum Gasteiger partial charge on any atom is -0.349 e. The number of nitrogens with one attached hydrogen (secondary N) is 4. The fraction of sp³-hybridized carbons (Fsp3) is 0.0952. The number of benzene rings is 2. The van der Waals surface area contributed by atoms with Crippen LogP contribution in [0, 0.1) is 17.0 Å². The summed E-state index contributed by atoms with van der Waals surface area (Å²) in [6, 6.07) is 9.57. The fourth-order valence-electron chi connectivity index (χ4n) is 3.28. The van der Waals surface area contributed by atoms with Crippen molar-refractivity contribution in [3.05, 3.63) is 86.8 Å². The van der Waals surface area contributed by atoms with Crippen LogP contribution in [0.3, 0.4) is 0 Å². The molecular weight excluding hydrogens is 428 g/mol. The molecule has 4 rings (SSSR count). The summed E-state index contributed by atoms with van der Waals surface area (Å²) in [6.45, 7) is 1.06. The van der Waals surface area contributed by atoms with Gasteiger partial charge in [-0.15, -0.1) is 0 Å². The number of anilines is 3. The Morgan fingerprint density at radius 1 is 1.06 bits per heavy atom. The van der Waals surface area contributed by atoms with Gasteiger partial charge in [-0.3, -0.25) is 15.1 Å². The lowest BCUT2D eigenvalue weighted by atomic mass is 10.0. The highest BCUT2D eigenvalue weighted by atomic mass is 35.5. The normalized spacial score (nSPS) is 13.3. The zero-order chi connectivity index (χ0) is 22.1. The van der Waals surface area contributed by atoms with Gasteiger partial charge in [0.05, 0.1) is 22.0 Å². The molecule has 1 aliphatic heterocycles. The highest BCUT2D eigenvalue weighted by Crippen LogP contribution is 2.31. The van der Waals surface area contributed by atoms with E-state index in [2.05, 4.69) is 15.6 Å². The lowest BCUT2D eigenvalue weighted by Gasteiger charge is -2.16. The second-order valence-corrected chi connectivity index (χ2v) is 7.15. The number of carbonyl (C=O) groups is 1. The molecule has 3 aromatic rings. The summed E-state index contributed by atoms with van der Waals surface area (Å²) in [6.07, 6.45) is 1.18. The van der Waals surface area contributed by atoms with E-state index in [0.717, 1.165) is 12.1 Å². The molecule has 7 nitrogen and oxygen atoms in total. The molecule has 1 fully saturated rings. The van der Waals surface area contributed by atoms with Crippen LogP contribution in [0.4, 0.5) is 30.6 Å². The molecule has 0 bridgehead atoms. The van der Waals surface area contributed by atoms with E-state index in [9.17, 15) is 18.4 Å². The number of aromatic amines is 1. The van der Waals surface area contributed by atoms with E-state index in [4.69, 9.17) is 17.0 Å². The monoisotopic (exact) mass is 443 g/mol. The number of H-pyrrole nitrogens is 1. The smallest absolute Gasteiger partial charge is 0.321 e. The predicted octanol–water partition coefficient (Wildman–Crippen LogP) is 4.00. The van der Waals surface area contributed by atoms with Gasteiger partial charge in [0, 0.05) is 30.5 Å². The van der Waals surface area contributed by atoms with Crippen molar-refractivity contribution in [3.63, 3.8) is 0 Å². The predicted molar refractivity (Wildman–Crippen MR) is 115 cm³/mol. The molecule has 0 unspecified atom stereocenters. The van der Waals surface area contributed by atoms with E-state index in [1.807, 2.05) is 0 Å². The first-order valence-corrected chi connectivity index (χ1v) is 9.61. The van der Waals surface area contributed by atoms with Crippen LogP contribution in [0.15, 0.2) is 53.5 Å². The second-order valence-electron chi connectivity index (χ2n) is 6.74. The van der Waals surface area contributed by atoms with Gasteiger partial charge in [-0.1, -0.05) is 29.8 Å². The van der Waals surface area contributed by atoms with Crippen LogP contribution in [0.2, 0.25) is 5.02 Å². The number of hydrogen-bond acceptors (Lipinski definition) is 4. The fourth-order valence-corrected chi connectivity index (χ4v) is 3.48. The Hall–Kier alpha value is -3.72. The van der Waals surface area contributed by atoms with Crippen LogP contribution in [0.5, 0.6) is 0 Å². The van der Waals surface area contributed by atoms with Gasteiger partial charge in [-0.25, -0.2) is 13.6 Å². The van der Waals surface area contributed by atoms with Crippen molar-refractivity contribution < 1.29 is 13.6 Å². The van der Waals surface area contributed by atoms with Crippen molar-refractivity contribution in [2.75, 3.05) is 23.3 Å². The van der Waals surface area contributed by atoms with E-state index in [-0.39, 0.29) is 28.0 Å². The number of urea groups is 1. The van der Waals surface area contributed by atoms with Crippen LogP contribution >= 0.6 is 11.6 Å². The Kier molecular flexibility index (Phi) is 5.43. The molecule has 2 amide bonds. The van der Waals surface area contributed by atoms with E-state index in [1.54, 1.807) is 29.2 Å². The zero-order valence-corrected chi connectivity index (χ0v) is 16.7. The lowest BCUT2D eigenvalue weighted by molar-refractivity contribution is 0.252. The van der Waals surface area contributed by atoms with Crippen LogP contribution in [0.25, 0.3) is 0 Å². The summed E-state index contributed by atoms with van der Waals surface area (Å²) in [4.78, 5) is 28.3. The summed E-state index contributed by atoms with van der Waals surface area (Å²) in [5.74, 6) is -1.75. The standard InChI is InChI=1S/C21H16ClF2N5O2/c22-13-10-27-20(30)16(18(13)28-19-14(23)2-1-3-15(19)24)17(25)11-4-6-12(7-5-11)29-9-8-26-21(29)31/h1-7,10,25H,8-9H2,(H,26,31)(H2,27,28,30). The molecule has 0 spiro atoms. The number of aromatic nitrogens is 1. The molecule has 158 valence electrons. The Morgan fingerprint density at radius 3 is 2.35 bits per heavy atom. The van der Waals surface area contributed by atoms with Gasteiger partial charge in [-0.05, 0) is 24.3 Å². The minimum atomic E-state index is -0.873. The molecule has 1 aromatic heterocycles. The van der Waals surface area contributed by atoms with Crippen molar-refractivity contribution in [2.45, 2.75) is 0 Å². The summed E-state index contributed by atoms with van der Waals surface area (Å²) < 4.78 is 28.3.